The SMILES string of the molecule is CCCCCCOC(=O)c1ccc(C(=O)Sc2ccc(C#N)cc2)cc1. The second kappa shape index (κ2) is 10.4. The van der Waals surface area contributed by atoms with Crippen LogP contribution in [0.4, 0.5) is 0 Å². The van der Waals surface area contributed by atoms with Gasteiger partial charge < -0.3 is 4.74 Å². The first-order valence-corrected chi connectivity index (χ1v) is 9.45. The Bertz CT molecular complexity index is 776. The summed E-state index contributed by atoms with van der Waals surface area (Å²) in [5.41, 5.74) is 1.51. The molecule has 0 aliphatic rings. The van der Waals surface area contributed by atoms with Crippen molar-refractivity contribution in [3.05, 3.63) is 65.2 Å². The van der Waals surface area contributed by atoms with Gasteiger partial charge in [0, 0.05) is 10.5 Å². The van der Waals surface area contributed by atoms with Crippen LogP contribution in [0.25, 0.3) is 0 Å². The molecule has 0 atom stereocenters. The predicted molar refractivity (Wildman–Crippen MR) is 102 cm³/mol. The van der Waals surface area contributed by atoms with Gasteiger partial charge in [0.05, 0.1) is 23.8 Å². The molecule has 0 amide bonds. The highest BCUT2D eigenvalue weighted by molar-refractivity contribution is 8.14. The van der Waals surface area contributed by atoms with E-state index in [1.165, 1.54) is 0 Å². The Morgan fingerprint density at radius 2 is 1.62 bits per heavy atom. The van der Waals surface area contributed by atoms with Crippen LogP contribution in [0.3, 0.4) is 0 Å². The molecule has 0 saturated heterocycles. The predicted octanol–water partition coefficient (Wildman–Crippen LogP) is 5.23. The van der Waals surface area contributed by atoms with Crippen LogP contribution in [0.5, 0.6) is 0 Å². The minimum Gasteiger partial charge on any atom is -0.462 e. The number of ether oxygens (including phenoxy) is 1. The summed E-state index contributed by atoms with van der Waals surface area (Å²) in [6.45, 7) is 2.56. The molecule has 5 heteroatoms. The van der Waals surface area contributed by atoms with Crippen molar-refractivity contribution in [2.75, 3.05) is 6.61 Å². The summed E-state index contributed by atoms with van der Waals surface area (Å²) in [5, 5.41) is 8.67. The van der Waals surface area contributed by atoms with Crippen LogP contribution < -0.4 is 0 Å². The van der Waals surface area contributed by atoms with Crippen LogP contribution >= 0.6 is 11.8 Å². The second-order valence-electron chi connectivity index (χ2n) is 5.80. The fraction of sp³-hybridized carbons (Fsp3) is 0.286. The largest absolute Gasteiger partial charge is 0.462 e. The summed E-state index contributed by atoms with van der Waals surface area (Å²) in [6.07, 6.45) is 4.22. The lowest BCUT2D eigenvalue weighted by molar-refractivity contribution is 0.0497. The first kappa shape index (κ1) is 19.7. The molecule has 0 unspecified atom stereocenters. The number of rotatable bonds is 8. The summed E-state index contributed by atoms with van der Waals surface area (Å²) < 4.78 is 5.24. The quantitative estimate of drug-likeness (QED) is 0.363. The van der Waals surface area contributed by atoms with E-state index in [1.807, 2.05) is 6.07 Å². The third-order valence-electron chi connectivity index (χ3n) is 3.78. The first-order valence-electron chi connectivity index (χ1n) is 8.63. The third-order valence-corrected chi connectivity index (χ3v) is 4.71. The maximum atomic E-state index is 12.3. The van der Waals surface area contributed by atoms with Crippen LogP contribution in [0, 0.1) is 11.3 Å². The maximum Gasteiger partial charge on any atom is 0.338 e. The van der Waals surface area contributed by atoms with Crippen LogP contribution in [-0.4, -0.2) is 17.7 Å². The van der Waals surface area contributed by atoms with Gasteiger partial charge in [-0.1, -0.05) is 26.2 Å². The highest BCUT2D eigenvalue weighted by Gasteiger charge is 2.11. The molecular weight excluding hydrogens is 346 g/mol. The Labute approximate surface area is 158 Å². The summed E-state index contributed by atoms with van der Waals surface area (Å²) in [7, 11) is 0. The molecule has 0 fully saturated rings. The van der Waals surface area contributed by atoms with Gasteiger partial charge in [0.25, 0.3) is 0 Å². The Balaban J connectivity index is 1.88. The molecule has 26 heavy (non-hydrogen) atoms. The highest BCUT2D eigenvalue weighted by Crippen LogP contribution is 2.23. The molecule has 0 saturated carbocycles. The van der Waals surface area contributed by atoms with Crippen molar-refractivity contribution in [1.82, 2.24) is 0 Å². The Morgan fingerprint density at radius 1 is 0.962 bits per heavy atom. The van der Waals surface area contributed by atoms with Crippen molar-refractivity contribution in [2.24, 2.45) is 0 Å². The van der Waals surface area contributed by atoms with Gasteiger partial charge in [0.2, 0.25) is 5.12 Å². The van der Waals surface area contributed by atoms with E-state index in [0.717, 1.165) is 42.3 Å². The molecule has 134 valence electrons. The average molecular weight is 367 g/mol. The molecule has 4 nitrogen and oxygen atoms in total. The molecule has 0 spiro atoms. The number of nitriles is 1. The van der Waals surface area contributed by atoms with E-state index in [0.29, 0.717) is 23.3 Å². The van der Waals surface area contributed by atoms with E-state index >= 15 is 0 Å². The number of carbonyl (C=O) groups excluding carboxylic acids is 2. The fourth-order valence-electron chi connectivity index (χ4n) is 2.28. The van der Waals surface area contributed by atoms with Crippen LogP contribution in [0.2, 0.25) is 0 Å². The molecule has 0 aliphatic carbocycles. The number of benzene rings is 2. The lowest BCUT2D eigenvalue weighted by atomic mass is 10.1. The molecular formula is C21H21NO3S. The maximum absolute atomic E-state index is 12.3. The van der Waals surface area contributed by atoms with Crippen molar-refractivity contribution >= 4 is 22.8 Å². The number of hydrogen-bond acceptors (Lipinski definition) is 5. The first-order chi connectivity index (χ1) is 12.6. The number of thioether (sulfide) groups is 1. The molecule has 0 bridgehead atoms. The lowest BCUT2D eigenvalue weighted by Crippen LogP contribution is -2.07. The highest BCUT2D eigenvalue weighted by atomic mass is 32.2. The minimum atomic E-state index is -0.361. The molecule has 0 radical (unpaired) electrons. The van der Waals surface area contributed by atoms with Crippen LogP contribution in [0.1, 0.15) is 58.9 Å². The van der Waals surface area contributed by atoms with Crippen molar-refractivity contribution in [3.63, 3.8) is 0 Å². The van der Waals surface area contributed by atoms with E-state index in [-0.39, 0.29) is 11.1 Å². The third kappa shape index (κ3) is 6.05. The van der Waals surface area contributed by atoms with Crippen molar-refractivity contribution in [2.45, 2.75) is 37.5 Å². The summed E-state index contributed by atoms with van der Waals surface area (Å²) >= 11 is 1.09. The van der Waals surface area contributed by atoms with Gasteiger partial charge in [-0.15, -0.1) is 0 Å². The van der Waals surface area contributed by atoms with E-state index in [9.17, 15) is 9.59 Å². The van der Waals surface area contributed by atoms with Gasteiger partial charge in [-0.2, -0.15) is 5.26 Å². The molecule has 0 heterocycles. The zero-order valence-electron chi connectivity index (χ0n) is 14.7. The second-order valence-corrected chi connectivity index (χ2v) is 6.85. The van der Waals surface area contributed by atoms with E-state index in [1.54, 1.807) is 48.5 Å². The Kier molecular flexibility index (Phi) is 7.91. The Morgan fingerprint density at radius 3 is 2.23 bits per heavy atom. The monoisotopic (exact) mass is 367 g/mol. The molecule has 2 rings (SSSR count). The van der Waals surface area contributed by atoms with E-state index in [4.69, 9.17) is 10.00 Å². The number of nitrogens with zero attached hydrogens (tertiary/aromatic N) is 1. The number of unbranched alkanes of at least 4 members (excludes halogenated alkanes) is 3. The normalized spacial score (nSPS) is 10.2. The summed E-state index contributed by atoms with van der Waals surface area (Å²) in [5.74, 6) is -0.361. The van der Waals surface area contributed by atoms with Gasteiger partial charge in [-0.3, -0.25) is 4.79 Å². The molecule has 0 N–H and O–H groups in total. The molecule has 2 aromatic carbocycles. The summed E-state index contributed by atoms with van der Waals surface area (Å²) in [6, 6.07) is 15.4. The van der Waals surface area contributed by atoms with E-state index < -0.39 is 0 Å². The van der Waals surface area contributed by atoms with Crippen molar-refractivity contribution < 1.29 is 14.3 Å². The van der Waals surface area contributed by atoms with Crippen molar-refractivity contribution in [1.29, 1.82) is 5.26 Å². The zero-order valence-corrected chi connectivity index (χ0v) is 15.6. The Hall–Kier alpha value is -2.58. The lowest BCUT2D eigenvalue weighted by Gasteiger charge is -2.06. The van der Waals surface area contributed by atoms with Gasteiger partial charge in [0.15, 0.2) is 0 Å². The van der Waals surface area contributed by atoms with Crippen molar-refractivity contribution in [3.8, 4) is 6.07 Å². The standard InChI is InChI=1S/C21H21NO3S/c1-2-3-4-5-14-25-20(23)17-8-10-18(11-9-17)21(24)26-19-12-6-16(15-22)7-13-19/h6-13H,2-5,14H2,1H3. The van der Waals surface area contributed by atoms with Gasteiger partial charge in [-0.25, -0.2) is 4.79 Å². The van der Waals surface area contributed by atoms with Gasteiger partial charge >= 0.3 is 5.97 Å². The van der Waals surface area contributed by atoms with Crippen LogP contribution in [0.15, 0.2) is 53.4 Å². The number of carbonyl (C=O) groups is 2. The summed E-state index contributed by atoms with van der Waals surface area (Å²) in [4.78, 5) is 25.0. The van der Waals surface area contributed by atoms with E-state index in [2.05, 4.69) is 6.92 Å². The zero-order chi connectivity index (χ0) is 18.8. The fourth-order valence-corrected chi connectivity index (χ4v) is 3.02. The molecule has 2 aromatic rings. The average Bonchev–Trinajstić information content (AvgIpc) is 2.68. The van der Waals surface area contributed by atoms with Gasteiger partial charge in [0.1, 0.15) is 0 Å². The smallest absolute Gasteiger partial charge is 0.338 e. The molecule has 0 aromatic heterocycles. The number of esters is 1. The number of hydrogen-bond donors (Lipinski definition) is 0. The molecule has 0 aliphatic heterocycles. The van der Waals surface area contributed by atoms with Crippen LogP contribution in [-0.2, 0) is 4.74 Å². The topological polar surface area (TPSA) is 67.2 Å². The minimum absolute atomic E-state index is 0.116. The van der Waals surface area contributed by atoms with Gasteiger partial charge in [-0.05, 0) is 66.7 Å².